The van der Waals surface area contributed by atoms with E-state index < -0.39 is 0 Å². The third kappa shape index (κ3) is 4.60. The van der Waals surface area contributed by atoms with Gasteiger partial charge in [-0.1, -0.05) is 11.6 Å². The molecule has 1 saturated heterocycles. The summed E-state index contributed by atoms with van der Waals surface area (Å²) >= 11 is 5.99. The van der Waals surface area contributed by atoms with E-state index in [0.717, 1.165) is 32.8 Å². The molecule has 5 nitrogen and oxygen atoms in total. The minimum absolute atomic E-state index is 0.131. The highest BCUT2D eigenvalue weighted by atomic mass is 35.5. The summed E-state index contributed by atoms with van der Waals surface area (Å²) in [7, 11) is 1.53. The summed E-state index contributed by atoms with van der Waals surface area (Å²) in [5.74, 6) is 0.369. The number of carbonyl (C=O) groups is 1. The molecule has 2 rings (SSSR count). The first-order valence-electron chi connectivity index (χ1n) is 7.37. The number of methoxy groups -OCH3 is 1. The molecular formula is C16H23ClN2O3. The van der Waals surface area contributed by atoms with Crippen LogP contribution in [-0.4, -0.2) is 56.3 Å². The molecule has 1 aromatic carbocycles. The van der Waals surface area contributed by atoms with Gasteiger partial charge in [0.2, 0.25) is 0 Å². The zero-order chi connectivity index (χ0) is 16.2. The quantitative estimate of drug-likeness (QED) is 0.901. The van der Waals surface area contributed by atoms with Crippen LogP contribution in [0.5, 0.6) is 5.75 Å². The van der Waals surface area contributed by atoms with E-state index in [9.17, 15) is 4.79 Å². The molecular weight excluding hydrogens is 304 g/mol. The molecule has 0 saturated carbocycles. The number of halogens is 1. The van der Waals surface area contributed by atoms with Crippen molar-refractivity contribution in [1.29, 1.82) is 0 Å². The Morgan fingerprint density at radius 2 is 2.09 bits per heavy atom. The van der Waals surface area contributed by atoms with Crippen molar-refractivity contribution < 1.29 is 14.3 Å². The van der Waals surface area contributed by atoms with Crippen molar-refractivity contribution in [3.05, 3.63) is 28.8 Å². The summed E-state index contributed by atoms with van der Waals surface area (Å²) in [5, 5.41) is 3.56. The summed E-state index contributed by atoms with van der Waals surface area (Å²) < 4.78 is 10.5. The van der Waals surface area contributed by atoms with E-state index in [1.54, 1.807) is 18.2 Å². The summed E-state index contributed by atoms with van der Waals surface area (Å²) in [4.78, 5) is 14.7. The van der Waals surface area contributed by atoms with Gasteiger partial charge >= 0.3 is 0 Å². The van der Waals surface area contributed by atoms with E-state index in [0.29, 0.717) is 16.3 Å². The molecule has 0 aliphatic carbocycles. The maximum absolute atomic E-state index is 12.4. The molecule has 1 amide bonds. The van der Waals surface area contributed by atoms with Gasteiger partial charge in [-0.25, -0.2) is 0 Å². The third-order valence-electron chi connectivity index (χ3n) is 3.59. The fourth-order valence-electron chi connectivity index (χ4n) is 2.54. The minimum Gasteiger partial charge on any atom is -0.495 e. The standard InChI is InChI=1S/C16H23ClN2O3/c1-16(2,11-19-6-8-22-9-7-19)18-15(20)12-4-5-13(17)14(10-12)21-3/h4-5,10H,6-9,11H2,1-3H3,(H,18,20). The van der Waals surface area contributed by atoms with Crippen molar-refractivity contribution in [1.82, 2.24) is 10.2 Å². The normalized spacial score (nSPS) is 16.4. The van der Waals surface area contributed by atoms with E-state index in [4.69, 9.17) is 21.1 Å². The molecule has 1 fully saturated rings. The summed E-state index contributed by atoms with van der Waals surface area (Å²) in [5.41, 5.74) is 0.206. The molecule has 0 aromatic heterocycles. The largest absolute Gasteiger partial charge is 0.495 e. The van der Waals surface area contributed by atoms with Gasteiger partial charge in [0.15, 0.2) is 0 Å². The molecule has 0 spiro atoms. The predicted molar refractivity (Wildman–Crippen MR) is 86.8 cm³/mol. The number of benzene rings is 1. The zero-order valence-electron chi connectivity index (χ0n) is 13.3. The molecule has 22 heavy (non-hydrogen) atoms. The Morgan fingerprint density at radius 1 is 1.41 bits per heavy atom. The van der Waals surface area contributed by atoms with Crippen LogP contribution >= 0.6 is 11.6 Å². The lowest BCUT2D eigenvalue weighted by molar-refractivity contribution is 0.0269. The highest BCUT2D eigenvalue weighted by Crippen LogP contribution is 2.25. The zero-order valence-corrected chi connectivity index (χ0v) is 14.1. The number of nitrogens with one attached hydrogen (secondary N) is 1. The van der Waals surface area contributed by atoms with Crippen molar-refractivity contribution >= 4 is 17.5 Å². The maximum Gasteiger partial charge on any atom is 0.251 e. The second-order valence-electron chi connectivity index (χ2n) is 6.08. The van der Waals surface area contributed by atoms with E-state index >= 15 is 0 Å². The van der Waals surface area contributed by atoms with Crippen molar-refractivity contribution in [2.75, 3.05) is 40.0 Å². The van der Waals surface area contributed by atoms with Gasteiger partial charge in [0, 0.05) is 30.7 Å². The van der Waals surface area contributed by atoms with Crippen LogP contribution in [0.4, 0.5) is 0 Å². The fourth-order valence-corrected chi connectivity index (χ4v) is 2.73. The second kappa shape index (κ2) is 7.31. The van der Waals surface area contributed by atoms with Crippen molar-refractivity contribution in [3.63, 3.8) is 0 Å². The second-order valence-corrected chi connectivity index (χ2v) is 6.48. The highest BCUT2D eigenvalue weighted by Gasteiger charge is 2.25. The molecule has 122 valence electrons. The molecule has 6 heteroatoms. The molecule has 0 unspecified atom stereocenters. The van der Waals surface area contributed by atoms with E-state index in [1.807, 2.05) is 13.8 Å². The molecule has 1 aliphatic rings. The van der Waals surface area contributed by atoms with E-state index in [-0.39, 0.29) is 11.4 Å². The van der Waals surface area contributed by atoms with Crippen LogP contribution in [0.3, 0.4) is 0 Å². The summed E-state index contributed by atoms with van der Waals surface area (Å²) in [6, 6.07) is 5.03. The molecule has 1 N–H and O–H groups in total. The van der Waals surface area contributed by atoms with Crippen molar-refractivity contribution in [2.24, 2.45) is 0 Å². The maximum atomic E-state index is 12.4. The number of rotatable bonds is 5. The minimum atomic E-state index is -0.332. The first-order valence-corrected chi connectivity index (χ1v) is 7.75. The van der Waals surface area contributed by atoms with Crippen LogP contribution in [0, 0.1) is 0 Å². The van der Waals surface area contributed by atoms with E-state index in [2.05, 4.69) is 10.2 Å². The number of carbonyl (C=O) groups excluding carboxylic acids is 1. The van der Waals surface area contributed by atoms with Crippen LogP contribution in [0.15, 0.2) is 18.2 Å². The lowest BCUT2D eigenvalue weighted by Gasteiger charge is -2.35. The predicted octanol–water partition coefficient (Wildman–Crippen LogP) is 2.19. The van der Waals surface area contributed by atoms with Crippen LogP contribution in [0.2, 0.25) is 5.02 Å². The van der Waals surface area contributed by atoms with Gasteiger partial charge in [-0.2, -0.15) is 0 Å². The number of hydrogen-bond acceptors (Lipinski definition) is 4. The van der Waals surface area contributed by atoms with Crippen LogP contribution in [-0.2, 0) is 4.74 Å². The average Bonchev–Trinajstić information content (AvgIpc) is 2.47. The molecule has 1 heterocycles. The Hall–Kier alpha value is -1.30. The van der Waals surface area contributed by atoms with Gasteiger partial charge in [-0.15, -0.1) is 0 Å². The Morgan fingerprint density at radius 3 is 2.73 bits per heavy atom. The van der Waals surface area contributed by atoms with Crippen LogP contribution in [0.25, 0.3) is 0 Å². The monoisotopic (exact) mass is 326 g/mol. The summed E-state index contributed by atoms with van der Waals surface area (Å²) in [6.07, 6.45) is 0. The smallest absolute Gasteiger partial charge is 0.251 e. The molecule has 0 bridgehead atoms. The van der Waals surface area contributed by atoms with Gasteiger partial charge in [0.1, 0.15) is 5.75 Å². The Labute approximate surface area is 136 Å². The Balaban J connectivity index is 2.00. The molecule has 0 radical (unpaired) electrons. The van der Waals surface area contributed by atoms with E-state index in [1.165, 1.54) is 7.11 Å². The van der Waals surface area contributed by atoms with Gasteiger partial charge < -0.3 is 14.8 Å². The topological polar surface area (TPSA) is 50.8 Å². The van der Waals surface area contributed by atoms with Gasteiger partial charge in [0.05, 0.1) is 25.3 Å². The van der Waals surface area contributed by atoms with Gasteiger partial charge in [0.25, 0.3) is 5.91 Å². The number of ether oxygens (including phenoxy) is 2. The number of hydrogen-bond donors (Lipinski definition) is 1. The fraction of sp³-hybridized carbons (Fsp3) is 0.562. The SMILES string of the molecule is COc1cc(C(=O)NC(C)(C)CN2CCOCC2)ccc1Cl. The van der Waals surface area contributed by atoms with Crippen LogP contribution < -0.4 is 10.1 Å². The van der Waals surface area contributed by atoms with Gasteiger partial charge in [-0.05, 0) is 32.0 Å². The Kier molecular flexibility index (Phi) is 5.67. The van der Waals surface area contributed by atoms with Gasteiger partial charge in [-0.3, -0.25) is 9.69 Å². The highest BCUT2D eigenvalue weighted by molar-refractivity contribution is 6.32. The number of amides is 1. The lowest BCUT2D eigenvalue weighted by atomic mass is 10.0. The van der Waals surface area contributed by atoms with Crippen molar-refractivity contribution in [3.8, 4) is 5.75 Å². The van der Waals surface area contributed by atoms with Crippen LogP contribution in [0.1, 0.15) is 24.2 Å². The molecule has 1 aliphatic heterocycles. The number of morpholine rings is 1. The first kappa shape index (κ1) is 17.1. The lowest BCUT2D eigenvalue weighted by Crippen LogP contribution is -2.53. The summed E-state index contributed by atoms with van der Waals surface area (Å²) in [6.45, 7) is 8.12. The third-order valence-corrected chi connectivity index (χ3v) is 3.90. The van der Waals surface area contributed by atoms with Crippen molar-refractivity contribution in [2.45, 2.75) is 19.4 Å². The number of nitrogens with zero attached hydrogens (tertiary/aromatic N) is 1. The Bertz CT molecular complexity index is 528. The average molecular weight is 327 g/mol. The first-order chi connectivity index (χ1) is 10.4. The molecule has 0 atom stereocenters. The molecule has 1 aromatic rings.